The molecule has 0 fully saturated rings. The molecule has 0 aromatic carbocycles. The number of carbonyl (C=O) groups excluding carboxylic acids is 2. The van der Waals surface area contributed by atoms with E-state index in [1.54, 1.807) is 0 Å². The molecule has 0 spiro atoms. The first-order valence-electron chi connectivity index (χ1n) is 2.69. The second kappa shape index (κ2) is 8.91. The molecule has 0 unspecified atom stereocenters. The van der Waals surface area contributed by atoms with Gasteiger partial charge in [0.05, 0.1) is 0 Å². The number of aliphatic carboxylic acids is 2. The smallest absolute Gasteiger partial charge is 0.759 e. The van der Waals surface area contributed by atoms with Gasteiger partial charge in [0, 0.05) is 22.3 Å². The van der Waals surface area contributed by atoms with E-state index in [0.29, 0.717) is 0 Å². The molecule has 0 aliphatic heterocycles. The summed E-state index contributed by atoms with van der Waals surface area (Å²) in [6.07, 6.45) is -0.940. The van der Waals surface area contributed by atoms with E-state index in [1.165, 1.54) is 0 Å². The zero-order chi connectivity index (χ0) is 11.1. The predicted molar refractivity (Wildman–Crippen MR) is 29.7 cm³/mol. The van der Waals surface area contributed by atoms with Crippen LogP contribution in [0.3, 0.4) is 0 Å². The molecule has 0 aliphatic carbocycles. The second-order valence-electron chi connectivity index (χ2n) is 1.65. The summed E-state index contributed by atoms with van der Waals surface area (Å²) in [6.45, 7) is 0. The molecule has 0 aromatic rings. The van der Waals surface area contributed by atoms with Crippen molar-refractivity contribution in [1.82, 2.24) is 0 Å². The molecule has 0 amide bonds. The zero-order valence-corrected chi connectivity index (χ0v) is 8.15. The minimum atomic E-state index is -5.17. The van der Waals surface area contributed by atoms with Crippen molar-refractivity contribution < 1.29 is 54.4 Å². The van der Waals surface area contributed by atoms with Gasteiger partial charge in [0.1, 0.15) is 0 Å². The summed E-state index contributed by atoms with van der Waals surface area (Å²) in [7, 11) is -5.17. The van der Waals surface area contributed by atoms with Gasteiger partial charge in [-0.25, -0.2) is 0 Å². The Morgan fingerprint density at radius 3 is 1.14 bits per heavy atom. The van der Waals surface area contributed by atoms with E-state index in [2.05, 4.69) is 0 Å². The Morgan fingerprint density at radius 1 is 0.929 bits per heavy atom. The van der Waals surface area contributed by atoms with Crippen LogP contribution in [-0.2, 0) is 37.1 Å². The molecule has 0 saturated heterocycles. The van der Waals surface area contributed by atoms with Crippen LogP contribution in [0.1, 0.15) is 12.8 Å². The molecule has 14 heavy (non-hydrogen) atoms. The van der Waals surface area contributed by atoms with Gasteiger partial charge >= 0.3 is 17.1 Å². The van der Waals surface area contributed by atoms with Crippen molar-refractivity contribution in [3.63, 3.8) is 0 Å². The second-order valence-corrected chi connectivity index (χ2v) is 2.47. The third-order valence-electron chi connectivity index (χ3n) is 0.533. The molecule has 10 heteroatoms. The van der Waals surface area contributed by atoms with Crippen LogP contribution < -0.4 is 10.2 Å². The number of carboxylic acids is 2. The molecule has 0 aliphatic rings. The van der Waals surface area contributed by atoms with Gasteiger partial charge < -0.3 is 28.9 Å². The van der Waals surface area contributed by atoms with E-state index in [4.69, 9.17) is 17.5 Å². The first-order chi connectivity index (χ1) is 5.63. The van der Waals surface area contributed by atoms with Gasteiger partial charge in [0.15, 0.2) is 0 Å². The summed E-state index contributed by atoms with van der Waals surface area (Å²) in [5.74, 6) is -2.73. The maximum absolute atomic E-state index is 9.50. The van der Waals surface area contributed by atoms with Crippen molar-refractivity contribution in [3.05, 3.63) is 0 Å². The van der Waals surface area contributed by atoms with Gasteiger partial charge in [-0.2, -0.15) is 0 Å². The van der Waals surface area contributed by atoms with Crippen molar-refractivity contribution in [2.45, 2.75) is 12.8 Å². The third-order valence-corrected chi connectivity index (χ3v) is 0.533. The molecule has 8 nitrogen and oxygen atoms in total. The summed E-state index contributed by atoms with van der Waals surface area (Å²) >= 11 is 0. The number of carbonyl (C=O) groups is 2. The molecule has 0 saturated carbocycles. The van der Waals surface area contributed by atoms with E-state index in [9.17, 15) is 19.8 Å². The SMILES string of the molecule is O=C([O-])CCC(=O)[O-].O=S(=O)([O-])[O-].[Cu+4]. The zero-order valence-electron chi connectivity index (χ0n) is 6.39. The van der Waals surface area contributed by atoms with Gasteiger partial charge in [-0.3, -0.25) is 8.42 Å². The van der Waals surface area contributed by atoms with Crippen LogP contribution in [0.2, 0.25) is 0 Å². The monoisotopic (exact) mass is 275 g/mol. The number of rotatable bonds is 3. The van der Waals surface area contributed by atoms with Crippen molar-refractivity contribution in [1.29, 1.82) is 0 Å². The molecule has 0 atom stereocenters. The average Bonchev–Trinajstić information content (AvgIpc) is 1.79. The molecule has 0 N–H and O–H groups in total. The summed E-state index contributed by atoms with van der Waals surface area (Å²) in [4.78, 5) is 19.0. The average molecular weight is 276 g/mol. The van der Waals surface area contributed by atoms with Gasteiger partial charge in [-0.1, -0.05) is 0 Å². The summed E-state index contributed by atoms with van der Waals surface area (Å²) < 4.78 is 34.1. The summed E-state index contributed by atoms with van der Waals surface area (Å²) in [5, 5.41) is 19.0. The predicted octanol–water partition coefficient (Wildman–Crippen LogP) is -4.07. The number of hydrogen-bond acceptors (Lipinski definition) is 8. The number of carboxylic acid groups (broad SMARTS) is 2. The van der Waals surface area contributed by atoms with Crippen LogP contribution in [0.4, 0.5) is 0 Å². The van der Waals surface area contributed by atoms with E-state index >= 15 is 0 Å². The van der Waals surface area contributed by atoms with Crippen LogP contribution in [-0.4, -0.2) is 29.5 Å². The largest absolute Gasteiger partial charge is 4.00 e. The molecule has 85 valence electrons. The molecule has 0 aromatic heterocycles. The quantitative estimate of drug-likeness (QED) is 0.285. The fourth-order valence-corrected chi connectivity index (χ4v) is 0.204. The molecular formula is C4H4CuO8S. The molecule has 1 radical (unpaired) electrons. The van der Waals surface area contributed by atoms with E-state index in [0.717, 1.165) is 0 Å². The van der Waals surface area contributed by atoms with Gasteiger partial charge in [-0.15, -0.1) is 0 Å². The van der Waals surface area contributed by atoms with E-state index in [1.807, 2.05) is 0 Å². The summed E-state index contributed by atoms with van der Waals surface area (Å²) in [5.41, 5.74) is 0. The van der Waals surface area contributed by atoms with E-state index in [-0.39, 0.29) is 17.1 Å². The Hall–Kier alpha value is -0.671. The van der Waals surface area contributed by atoms with Crippen LogP contribution in [0.25, 0.3) is 0 Å². The Bertz CT molecular complexity index is 247. The van der Waals surface area contributed by atoms with Crippen molar-refractivity contribution >= 4 is 22.3 Å². The van der Waals surface area contributed by atoms with Crippen molar-refractivity contribution in [2.75, 3.05) is 0 Å². The van der Waals surface area contributed by atoms with Crippen LogP contribution in [0.5, 0.6) is 0 Å². The van der Waals surface area contributed by atoms with Crippen LogP contribution in [0.15, 0.2) is 0 Å². The molecule has 0 bridgehead atoms. The topological polar surface area (TPSA) is 161 Å². The molecule has 0 rings (SSSR count). The Balaban J connectivity index is -0.000000177. The molecular weight excluding hydrogens is 272 g/mol. The van der Waals surface area contributed by atoms with Gasteiger partial charge in [-0.05, 0) is 12.8 Å². The van der Waals surface area contributed by atoms with Crippen molar-refractivity contribution in [2.24, 2.45) is 0 Å². The van der Waals surface area contributed by atoms with Gasteiger partial charge in [0.25, 0.3) is 0 Å². The normalized spacial score (nSPS) is 9.00. The Morgan fingerprint density at radius 2 is 1.07 bits per heavy atom. The van der Waals surface area contributed by atoms with Gasteiger partial charge in [0.2, 0.25) is 0 Å². The Labute approximate surface area is 90.0 Å². The minimum Gasteiger partial charge on any atom is -0.759 e. The standard InChI is InChI=1S/C4H6O4.Cu.H2O4S/c5-3(6)1-2-4(7)8;;1-5(2,3)4/h1-2H2,(H,5,6)(H,7,8);;(H2,1,2,3,4)/q;+4;/p-4. The summed E-state index contributed by atoms with van der Waals surface area (Å²) in [6, 6.07) is 0. The first-order valence-corrected chi connectivity index (χ1v) is 4.02. The van der Waals surface area contributed by atoms with Crippen LogP contribution >= 0.6 is 0 Å². The third kappa shape index (κ3) is 64.5. The van der Waals surface area contributed by atoms with Crippen molar-refractivity contribution in [3.8, 4) is 0 Å². The fourth-order valence-electron chi connectivity index (χ4n) is 0.204. The maximum Gasteiger partial charge on any atom is 4.00 e. The Kier molecular flexibility index (Phi) is 12.1. The number of hydrogen-bond donors (Lipinski definition) is 0. The molecule has 0 heterocycles. The van der Waals surface area contributed by atoms with E-state index < -0.39 is 35.2 Å². The maximum atomic E-state index is 9.50. The minimum absolute atomic E-state index is 0. The fraction of sp³-hybridized carbons (Fsp3) is 0.500. The first kappa shape index (κ1) is 19.0. The van der Waals surface area contributed by atoms with Crippen LogP contribution in [0, 0.1) is 0 Å².